The lowest BCUT2D eigenvalue weighted by Crippen LogP contribution is -2.23. The van der Waals surface area contributed by atoms with Crippen LogP contribution in [0, 0.1) is 11.6 Å². The first kappa shape index (κ1) is 15.4. The lowest BCUT2D eigenvalue weighted by atomic mass is 9.98. The van der Waals surface area contributed by atoms with E-state index in [0.717, 1.165) is 12.1 Å². The molecule has 0 spiro atoms. The summed E-state index contributed by atoms with van der Waals surface area (Å²) in [5.41, 5.74) is 1.50. The third-order valence-corrected chi connectivity index (χ3v) is 3.41. The first-order valence-corrected chi connectivity index (χ1v) is 6.96. The molecular weight excluding hydrogens is 272 g/mol. The van der Waals surface area contributed by atoms with Gasteiger partial charge in [0.1, 0.15) is 5.82 Å². The van der Waals surface area contributed by atoms with E-state index < -0.39 is 5.82 Å². The van der Waals surface area contributed by atoms with E-state index in [0.29, 0.717) is 12.0 Å². The first-order chi connectivity index (χ1) is 10.2. The average Bonchev–Trinajstić information content (AvgIpc) is 2.49. The molecule has 1 unspecified atom stereocenters. The SMILES string of the molecule is CCNC(Cc1ccccc1F)c1ccc(F)c(OC)c1. The molecule has 2 aromatic rings. The van der Waals surface area contributed by atoms with E-state index in [1.807, 2.05) is 13.0 Å². The number of hydrogen-bond donors (Lipinski definition) is 1. The fourth-order valence-corrected chi connectivity index (χ4v) is 2.33. The molecule has 0 aliphatic carbocycles. The summed E-state index contributed by atoms with van der Waals surface area (Å²) in [5.74, 6) is -0.430. The average molecular weight is 291 g/mol. The molecule has 0 heterocycles. The summed E-state index contributed by atoms with van der Waals surface area (Å²) in [7, 11) is 1.43. The molecule has 0 bridgehead atoms. The van der Waals surface area contributed by atoms with Crippen LogP contribution >= 0.6 is 0 Å². The molecule has 2 rings (SSSR count). The van der Waals surface area contributed by atoms with E-state index in [2.05, 4.69) is 5.32 Å². The van der Waals surface area contributed by atoms with Gasteiger partial charge >= 0.3 is 0 Å². The van der Waals surface area contributed by atoms with Crippen molar-refractivity contribution in [2.24, 2.45) is 0 Å². The third kappa shape index (κ3) is 3.79. The Morgan fingerprint density at radius 3 is 2.52 bits per heavy atom. The number of likely N-dealkylation sites (N-methyl/N-ethyl adjacent to an activating group) is 1. The topological polar surface area (TPSA) is 21.3 Å². The van der Waals surface area contributed by atoms with Gasteiger partial charge in [-0.2, -0.15) is 0 Å². The normalized spacial score (nSPS) is 12.2. The standard InChI is InChI=1S/C17H19F2NO/c1-3-20-16(10-12-6-4-5-7-14(12)18)13-8-9-15(19)17(11-13)21-2/h4-9,11,16,20H,3,10H2,1-2H3. The molecule has 112 valence electrons. The number of rotatable bonds is 6. The van der Waals surface area contributed by atoms with E-state index in [-0.39, 0.29) is 17.6 Å². The molecule has 1 atom stereocenters. The lowest BCUT2D eigenvalue weighted by Gasteiger charge is -2.19. The zero-order chi connectivity index (χ0) is 15.2. The van der Waals surface area contributed by atoms with Gasteiger partial charge in [0.25, 0.3) is 0 Å². The predicted molar refractivity (Wildman–Crippen MR) is 79.5 cm³/mol. The molecule has 4 heteroatoms. The molecule has 0 amide bonds. The highest BCUT2D eigenvalue weighted by Crippen LogP contribution is 2.25. The van der Waals surface area contributed by atoms with Crippen molar-refractivity contribution in [2.75, 3.05) is 13.7 Å². The second-order valence-electron chi connectivity index (χ2n) is 4.80. The number of methoxy groups -OCH3 is 1. The van der Waals surface area contributed by atoms with E-state index in [4.69, 9.17) is 4.74 Å². The van der Waals surface area contributed by atoms with Crippen molar-refractivity contribution < 1.29 is 13.5 Å². The van der Waals surface area contributed by atoms with Crippen LogP contribution in [-0.2, 0) is 6.42 Å². The smallest absolute Gasteiger partial charge is 0.165 e. The Morgan fingerprint density at radius 2 is 1.86 bits per heavy atom. The van der Waals surface area contributed by atoms with E-state index in [1.54, 1.807) is 24.3 Å². The monoisotopic (exact) mass is 291 g/mol. The molecular formula is C17H19F2NO. The quantitative estimate of drug-likeness (QED) is 0.872. The van der Waals surface area contributed by atoms with Gasteiger partial charge in [0.2, 0.25) is 0 Å². The second-order valence-corrected chi connectivity index (χ2v) is 4.80. The zero-order valence-corrected chi connectivity index (χ0v) is 12.2. The lowest BCUT2D eigenvalue weighted by molar-refractivity contribution is 0.384. The zero-order valence-electron chi connectivity index (χ0n) is 12.2. The van der Waals surface area contributed by atoms with Crippen molar-refractivity contribution in [3.8, 4) is 5.75 Å². The van der Waals surface area contributed by atoms with Gasteiger partial charge in [0.15, 0.2) is 11.6 Å². The van der Waals surface area contributed by atoms with E-state index in [9.17, 15) is 8.78 Å². The molecule has 0 saturated heterocycles. The molecule has 0 aliphatic heterocycles. The summed E-state index contributed by atoms with van der Waals surface area (Å²) in [6.45, 7) is 2.72. The summed E-state index contributed by atoms with van der Waals surface area (Å²) in [6.07, 6.45) is 0.495. The Hall–Kier alpha value is -1.94. The van der Waals surface area contributed by atoms with Crippen molar-refractivity contribution >= 4 is 0 Å². The van der Waals surface area contributed by atoms with Crippen LogP contribution in [0.2, 0.25) is 0 Å². The highest BCUT2D eigenvalue weighted by molar-refractivity contribution is 5.33. The molecule has 2 nitrogen and oxygen atoms in total. The van der Waals surface area contributed by atoms with Crippen molar-refractivity contribution in [1.82, 2.24) is 5.32 Å². The molecule has 0 aliphatic rings. The summed E-state index contributed by atoms with van der Waals surface area (Å²) in [5, 5.41) is 3.30. The van der Waals surface area contributed by atoms with Crippen LogP contribution in [0.3, 0.4) is 0 Å². The number of halogens is 2. The fourth-order valence-electron chi connectivity index (χ4n) is 2.33. The van der Waals surface area contributed by atoms with Gasteiger partial charge in [-0.15, -0.1) is 0 Å². The van der Waals surface area contributed by atoms with Crippen LogP contribution in [0.15, 0.2) is 42.5 Å². The largest absolute Gasteiger partial charge is 0.494 e. The Labute approximate surface area is 123 Å². The molecule has 0 saturated carbocycles. The van der Waals surface area contributed by atoms with Crippen LogP contribution in [-0.4, -0.2) is 13.7 Å². The summed E-state index contributed by atoms with van der Waals surface area (Å²) < 4.78 is 32.3. The van der Waals surface area contributed by atoms with Crippen molar-refractivity contribution in [3.05, 3.63) is 65.2 Å². The van der Waals surface area contributed by atoms with Crippen molar-refractivity contribution in [2.45, 2.75) is 19.4 Å². The molecule has 0 radical (unpaired) electrons. The fraction of sp³-hybridized carbons (Fsp3) is 0.294. The Bertz CT molecular complexity index is 601. The summed E-state index contributed by atoms with van der Waals surface area (Å²) in [4.78, 5) is 0. The third-order valence-electron chi connectivity index (χ3n) is 3.41. The van der Waals surface area contributed by atoms with Crippen LogP contribution in [0.1, 0.15) is 24.1 Å². The number of hydrogen-bond acceptors (Lipinski definition) is 2. The van der Waals surface area contributed by atoms with Crippen LogP contribution < -0.4 is 10.1 Å². The Kier molecular flexibility index (Phi) is 5.28. The van der Waals surface area contributed by atoms with E-state index in [1.165, 1.54) is 19.2 Å². The maximum absolute atomic E-state index is 13.8. The van der Waals surface area contributed by atoms with Gasteiger partial charge in [-0.05, 0) is 42.3 Å². The van der Waals surface area contributed by atoms with Crippen molar-refractivity contribution in [3.63, 3.8) is 0 Å². The van der Waals surface area contributed by atoms with Crippen molar-refractivity contribution in [1.29, 1.82) is 0 Å². The highest BCUT2D eigenvalue weighted by Gasteiger charge is 2.15. The molecule has 0 fully saturated rings. The van der Waals surface area contributed by atoms with Gasteiger partial charge in [0, 0.05) is 6.04 Å². The number of ether oxygens (including phenoxy) is 1. The van der Waals surface area contributed by atoms with Crippen LogP contribution in [0.5, 0.6) is 5.75 Å². The van der Waals surface area contributed by atoms with Gasteiger partial charge in [-0.1, -0.05) is 31.2 Å². The highest BCUT2D eigenvalue weighted by atomic mass is 19.1. The Morgan fingerprint density at radius 1 is 1.10 bits per heavy atom. The number of benzene rings is 2. The Balaban J connectivity index is 2.28. The van der Waals surface area contributed by atoms with Gasteiger partial charge in [-0.25, -0.2) is 8.78 Å². The molecule has 21 heavy (non-hydrogen) atoms. The molecule has 0 aromatic heterocycles. The van der Waals surface area contributed by atoms with Gasteiger partial charge in [-0.3, -0.25) is 0 Å². The van der Waals surface area contributed by atoms with Crippen LogP contribution in [0.25, 0.3) is 0 Å². The maximum Gasteiger partial charge on any atom is 0.165 e. The molecule has 2 aromatic carbocycles. The summed E-state index contributed by atoms with van der Waals surface area (Å²) in [6, 6.07) is 11.3. The summed E-state index contributed by atoms with van der Waals surface area (Å²) >= 11 is 0. The predicted octanol–water partition coefficient (Wildman–Crippen LogP) is 3.87. The van der Waals surface area contributed by atoms with E-state index >= 15 is 0 Å². The second kappa shape index (κ2) is 7.18. The molecule has 1 N–H and O–H groups in total. The van der Waals surface area contributed by atoms with Gasteiger partial charge < -0.3 is 10.1 Å². The van der Waals surface area contributed by atoms with Gasteiger partial charge in [0.05, 0.1) is 7.11 Å². The first-order valence-electron chi connectivity index (χ1n) is 6.96. The number of nitrogens with one attached hydrogen (secondary N) is 1. The minimum atomic E-state index is -0.401. The minimum absolute atomic E-state index is 0.0959. The van der Waals surface area contributed by atoms with Crippen LogP contribution in [0.4, 0.5) is 8.78 Å². The minimum Gasteiger partial charge on any atom is -0.494 e. The maximum atomic E-state index is 13.8.